The molecule has 2 unspecified atom stereocenters. The molecule has 1 aliphatic rings. The minimum Gasteiger partial charge on any atom is -0.348 e. The van der Waals surface area contributed by atoms with Crippen molar-refractivity contribution in [2.45, 2.75) is 45.2 Å². The second kappa shape index (κ2) is 8.15. The number of likely N-dealkylation sites (tertiary alicyclic amines) is 1. The van der Waals surface area contributed by atoms with Crippen LogP contribution in [0.4, 0.5) is 4.79 Å². The van der Waals surface area contributed by atoms with Crippen molar-refractivity contribution in [2.24, 2.45) is 0 Å². The quantitative estimate of drug-likeness (QED) is 0.840. The van der Waals surface area contributed by atoms with Gasteiger partial charge in [-0.15, -0.1) is 0 Å². The highest BCUT2D eigenvalue weighted by atomic mass is 16.5. The zero-order chi connectivity index (χ0) is 19.4. The standard InChI is InChI=1S/C18H24N6O3/c1-11(2)20-18(26)24-8-6-15(14(10-24)17-21-12(3)23-27-17)22-16(25)13-5-4-7-19-9-13/h4-5,7,9,11,14-15H,6,8,10H2,1-3H3,(H,20,26)(H,22,25). The summed E-state index contributed by atoms with van der Waals surface area (Å²) >= 11 is 0. The number of amides is 3. The smallest absolute Gasteiger partial charge is 0.317 e. The molecule has 1 fully saturated rings. The minimum absolute atomic E-state index is 0.0459. The Morgan fingerprint density at radius 1 is 1.37 bits per heavy atom. The topological polar surface area (TPSA) is 113 Å². The lowest BCUT2D eigenvalue weighted by atomic mass is 9.91. The molecule has 3 amide bonds. The van der Waals surface area contributed by atoms with Crippen LogP contribution in [0.3, 0.4) is 0 Å². The molecule has 144 valence electrons. The highest BCUT2D eigenvalue weighted by Gasteiger charge is 2.37. The average Bonchev–Trinajstić information content (AvgIpc) is 3.08. The van der Waals surface area contributed by atoms with Crippen LogP contribution in [-0.4, -0.2) is 57.1 Å². The maximum absolute atomic E-state index is 12.5. The van der Waals surface area contributed by atoms with E-state index < -0.39 is 0 Å². The molecule has 9 nitrogen and oxygen atoms in total. The SMILES string of the molecule is Cc1noc(C2CN(C(=O)NC(C)C)CCC2NC(=O)c2cccnc2)n1. The first-order valence-corrected chi connectivity index (χ1v) is 9.00. The van der Waals surface area contributed by atoms with Gasteiger partial charge in [0, 0.05) is 37.6 Å². The Balaban J connectivity index is 1.76. The van der Waals surface area contributed by atoms with Gasteiger partial charge in [0.1, 0.15) is 0 Å². The van der Waals surface area contributed by atoms with Crippen molar-refractivity contribution in [3.8, 4) is 0 Å². The van der Waals surface area contributed by atoms with E-state index in [1.54, 1.807) is 30.2 Å². The maximum atomic E-state index is 12.5. The highest BCUT2D eigenvalue weighted by molar-refractivity contribution is 5.94. The van der Waals surface area contributed by atoms with Crippen molar-refractivity contribution in [1.82, 2.24) is 30.7 Å². The summed E-state index contributed by atoms with van der Waals surface area (Å²) in [5.41, 5.74) is 0.484. The Morgan fingerprint density at radius 3 is 2.81 bits per heavy atom. The molecule has 0 spiro atoms. The van der Waals surface area contributed by atoms with E-state index in [1.807, 2.05) is 13.8 Å². The lowest BCUT2D eigenvalue weighted by Gasteiger charge is -2.37. The van der Waals surface area contributed by atoms with Crippen molar-refractivity contribution in [2.75, 3.05) is 13.1 Å². The lowest BCUT2D eigenvalue weighted by molar-refractivity contribution is 0.0895. The molecule has 2 aromatic rings. The lowest BCUT2D eigenvalue weighted by Crippen LogP contribution is -2.54. The summed E-state index contributed by atoms with van der Waals surface area (Å²) in [7, 11) is 0. The zero-order valence-electron chi connectivity index (χ0n) is 15.7. The van der Waals surface area contributed by atoms with Crippen molar-refractivity contribution in [1.29, 1.82) is 0 Å². The molecule has 0 aliphatic carbocycles. The van der Waals surface area contributed by atoms with E-state index >= 15 is 0 Å². The summed E-state index contributed by atoms with van der Waals surface area (Å²) in [6.07, 6.45) is 3.72. The molecule has 0 saturated carbocycles. The average molecular weight is 372 g/mol. The molecule has 3 rings (SSSR count). The van der Waals surface area contributed by atoms with Gasteiger partial charge in [-0.3, -0.25) is 9.78 Å². The summed E-state index contributed by atoms with van der Waals surface area (Å²) in [5, 5.41) is 9.78. The molecule has 9 heteroatoms. The van der Waals surface area contributed by atoms with Gasteiger partial charge in [-0.25, -0.2) is 4.79 Å². The van der Waals surface area contributed by atoms with Gasteiger partial charge in [0.25, 0.3) is 5.91 Å². The number of hydrogen-bond donors (Lipinski definition) is 2. The fourth-order valence-electron chi connectivity index (χ4n) is 3.11. The number of carbonyl (C=O) groups is 2. The van der Waals surface area contributed by atoms with Crippen LogP contribution in [0.1, 0.15) is 48.3 Å². The van der Waals surface area contributed by atoms with Crippen molar-refractivity contribution in [3.63, 3.8) is 0 Å². The van der Waals surface area contributed by atoms with Crippen LogP contribution >= 0.6 is 0 Å². The van der Waals surface area contributed by atoms with Crippen LogP contribution in [0.25, 0.3) is 0 Å². The molecule has 2 atom stereocenters. The molecule has 2 N–H and O–H groups in total. The Kier molecular flexibility index (Phi) is 5.68. The summed E-state index contributed by atoms with van der Waals surface area (Å²) in [6, 6.07) is 3.11. The first-order chi connectivity index (χ1) is 12.9. The zero-order valence-corrected chi connectivity index (χ0v) is 15.7. The molecule has 0 aromatic carbocycles. The highest BCUT2D eigenvalue weighted by Crippen LogP contribution is 2.27. The van der Waals surface area contributed by atoms with Gasteiger partial charge in [-0.1, -0.05) is 5.16 Å². The minimum atomic E-state index is -0.279. The van der Waals surface area contributed by atoms with E-state index in [4.69, 9.17) is 4.52 Å². The number of carbonyl (C=O) groups excluding carboxylic acids is 2. The summed E-state index contributed by atoms with van der Waals surface area (Å²) in [4.78, 5) is 35.0. The second-order valence-corrected chi connectivity index (χ2v) is 6.95. The van der Waals surface area contributed by atoms with Gasteiger partial charge in [0.05, 0.1) is 11.5 Å². The Bertz CT molecular complexity index is 791. The number of nitrogens with zero attached hydrogens (tertiary/aromatic N) is 4. The van der Waals surface area contributed by atoms with Crippen molar-refractivity contribution >= 4 is 11.9 Å². The Morgan fingerprint density at radius 2 is 2.19 bits per heavy atom. The molecular weight excluding hydrogens is 348 g/mol. The monoisotopic (exact) mass is 372 g/mol. The van der Waals surface area contributed by atoms with E-state index in [9.17, 15) is 9.59 Å². The molecule has 3 heterocycles. The van der Waals surface area contributed by atoms with E-state index in [0.717, 1.165) is 0 Å². The van der Waals surface area contributed by atoms with Crippen molar-refractivity contribution in [3.05, 3.63) is 41.8 Å². The molecule has 2 aromatic heterocycles. The second-order valence-electron chi connectivity index (χ2n) is 6.95. The predicted octanol–water partition coefficient (Wildman–Crippen LogP) is 1.48. The fourth-order valence-corrected chi connectivity index (χ4v) is 3.11. The Hall–Kier alpha value is -2.97. The third kappa shape index (κ3) is 4.60. The van der Waals surface area contributed by atoms with E-state index in [1.165, 1.54) is 6.20 Å². The van der Waals surface area contributed by atoms with E-state index in [0.29, 0.717) is 36.8 Å². The third-order valence-electron chi connectivity index (χ3n) is 4.41. The number of aromatic nitrogens is 3. The number of piperidine rings is 1. The largest absolute Gasteiger partial charge is 0.348 e. The van der Waals surface area contributed by atoms with Crippen LogP contribution in [-0.2, 0) is 0 Å². The molecule has 1 aliphatic heterocycles. The van der Waals surface area contributed by atoms with Gasteiger partial charge in [0.15, 0.2) is 5.82 Å². The number of hydrogen-bond acceptors (Lipinski definition) is 6. The number of aryl methyl sites for hydroxylation is 1. The van der Waals surface area contributed by atoms with E-state index in [-0.39, 0.29) is 29.9 Å². The fraction of sp³-hybridized carbons (Fsp3) is 0.500. The van der Waals surface area contributed by atoms with Gasteiger partial charge >= 0.3 is 6.03 Å². The first-order valence-electron chi connectivity index (χ1n) is 9.00. The van der Waals surface area contributed by atoms with Crippen LogP contribution in [0.2, 0.25) is 0 Å². The predicted molar refractivity (Wildman–Crippen MR) is 97.1 cm³/mol. The Labute approximate surface area is 157 Å². The molecule has 27 heavy (non-hydrogen) atoms. The van der Waals surface area contributed by atoms with Crippen LogP contribution < -0.4 is 10.6 Å². The summed E-state index contributed by atoms with van der Waals surface area (Å²) < 4.78 is 5.35. The van der Waals surface area contributed by atoms with Gasteiger partial charge in [-0.2, -0.15) is 4.98 Å². The van der Waals surface area contributed by atoms with Crippen molar-refractivity contribution < 1.29 is 14.1 Å². The van der Waals surface area contributed by atoms with Gasteiger partial charge in [0.2, 0.25) is 5.89 Å². The molecule has 1 saturated heterocycles. The van der Waals surface area contributed by atoms with Crippen LogP contribution in [0.5, 0.6) is 0 Å². The van der Waals surface area contributed by atoms with Crippen LogP contribution in [0, 0.1) is 6.92 Å². The first kappa shape index (κ1) is 18.8. The number of pyridine rings is 1. The number of nitrogens with one attached hydrogen (secondary N) is 2. The summed E-state index contributed by atoms with van der Waals surface area (Å²) in [5.74, 6) is 0.449. The number of rotatable bonds is 4. The molecular formula is C18H24N6O3. The van der Waals surface area contributed by atoms with Crippen LogP contribution in [0.15, 0.2) is 29.0 Å². The van der Waals surface area contributed by atoms with Gasteiger partial charge < -0.3 is 20.1 Å². The van der Waals surface area contributed by atoms with E-state index in [2.05, 4.69) is 25.8 Å². The maximum Gasteiger partial charge on any atom is 0.317 e. The molecule has 0 bridgehead atoms. The number of urea groups is 1. The molecule has 0 radical (unpaired) electrons. The van der Waals surface area contributed by atoms with Gasteiger partial charge in [-0.05, 0) is 39.3 Å². The third-order valence-corrected chi connectivity index (χ3v) is 4.41. The normalized spacial score (nSPS) is 19.8. The summed E-state index contributed by atoms with van der Waals surface area (Å²) in [6.45, 7) is 6.48.